The summed E-state index contributed by atoms with van der Waals surface area (Å²) in [5.41, 5.74) is 0.520. The Kier molecular flexibility index (Phi) is 3.77. The van der Waals surface area contributed by atoms with Crippen molar-refractivity contribution < 1.29 is 13.9 Å². The molecule has 0 radical (unpaired) electrons. The summed E-state index contributed by atoms with van der Waals surface area (Å²) in [6.45, 7) is 1.25. The van der Waals surface area contributed by atoms with Crippen molar-refractivity contribution in [3.63, 3.8) is 0 Å². The molecular weight excluding hydrogens is 210 g/mol. The summed E-state index contributed by atoms with van der Waals surface area (Å²) in [5.74, 6) is 0. The van der Waals surface area contributed by atoms with Crippen LogP contribution in [-0.4, -0.2) is 30.1 Å². The van der Waals surface area contributed by atoms with Gasteiger partial charge in [-0.3, -0.25) is 0 Å². The molecule has 1 rings (SSSR count). The summed E-state index contributed by atoms with van der Waals surface area (Å²) in [5, 5.41) is 11.3. The fourth-order valence-electron chi connectivity index (χ4n) is 0.929. The molecule has 1 N–H and O–H groups in total. The molecule has 1 atom stereocenters. The van der Waals surface area contributed by atoms with Gasteiger partial charge in [0, 0.05) is 12.4 Å². The van der Waals surface area contributed by atoms with Gasteiger partial charge in [0.1, 0.15) is 0 Å². The molecule has 14 heavy (non-hydrogen) atoms. The minimum Gasteiger partial charge on any atom is -0.387 e. The molecule has 0 saturated carbocycles. The third kappa shape index (κ3) is 2.88. The molecule has 6 heteroatoms. The Morgan fingerprint density at radius 2 is 2.29 bits per heavy atom. The maximum atomic E-state index is 12.0. The van der Waals surface area contributed by atoms with Gasteiger partial charge < -0.3 is 10.0 Å². The second-order valence-corrected chi connectivity index (χ2v) is 3.84. The molecule has 0 spiro atoms. The van der Waals surface area contributed by atoms with Gasteiger partial charge in [-0.2, -0.15) is 0 Å². The number of aliphatic hydroxyl groups is 1. The lowest BCUT2D eigenvalue weighted by atomic mass is 10.3. The van der Waals surface area contributed by atoms with E-state index in [0.717, 1.165) is 0 Å². The Labute approximate surface area is 85.0 Å². The van der Waals surface area contributed by atoms with Gasteiger partial charge in [0.05, 0.1) is 18.3 Å². The number of aliphatic hydroxyl groups excluding tert-OH is 1. The largest absolute Gasteiger partial charge is 0.387 e. The maximum Gasteiger partial charge on any atom is 0.255 e. The average molecular weight is 222 g/mol. The van der Waals surface area contributed by atoms with Crippen LogP contribution in [0.2, 0.25) is 0 Å². The lowest BCUT2D eigenvalue weighted by molar-refractivity contribution is 0.156. The van der Waals surface area contributed by atoms with Crippen LogP contribution >= 0.6 is 11.3 Å². The number of nitrogens with zero attached hydrogens (tertiary/aromatic N) is 2. The van der Waals surface area contributed by atoms with E-state index >= 15 is 0 Å². The highest BCUT2D eigenvalue weighted by molar-refractivity contribution is 7.13. The van der Waals surface area contributed by atoms with Gasteiger partial charge in [0.2, 0.25) is 0 Å². The van der Waals surface area contributed by atoms with Crippen LogP contribution in [-0.2, 0) is 0 Å². The number of alkyl halides is 2. The first kappa shape index (κ1) is 11.3. The quantitative estimate of drug-likeness (QED) is 0.845. The fraction of sp³-hybridized carbons (Fsp3) is 0.625. The van der Waals surface area contributed by atoms with E-state index in [4.69, 9.17) is 0 Å². The van der Waals surface area contributed by atoms with E-state index in [1.54, 1.807) is 19.4 Å². The Morgan fingerprint density at radius 1 is 1.64 bits per heavy atom. The van der Waals surface area contributed by atoms with Gasteiger partial charge in [0.25, 0.3) is 6.43 Å². The van der Waals surface area contributed by atoms with Crippen LogP contribution in [0.1, 0.15) is 18.7 Å². The molecule has 1 unspecified atom stereocenters. The second-order valence-electron chi connectivity index (χ2n) is 3.00. The van der Waals surface area contributed by atoms with Crippen LogP contribution in [0, 0.1) is 0 Å². The monoisotopic (exact) mass is 222 g/mol. The fourth-order valence-corrected chi connectivity index (χ4v) is 1.82. The molecule has 0 aliphatic carbocycles. The molecule has 0 bridgehead atoms. The summed E-state index contributed by atoms with van der Waals surface area (Å²) in [4.78, 5) is 5.40. The Balaban J connectivity index is 2.66. The molecule has 0 aromatic carbocycles. The van der Waals surface area contributed by atoms with Crippen molar-refractivity contribution in [2.45, 2.75) is 19.5 Å². The third-order valence-electron chi connectivity index (χ3n) is 1.68. The van der Waals surface area contributed by atoms with Crippen LogP contribution in [0.4, 0.5) is 13.9 Å². The van der Waals surface area contributed by atoms with Crippen molar-refractivity contribution in [2.75, 3.05) is 18.5 Å². The van der Waals surface area contributed by atoms with Crippen molar-refractivity contribution in [3.8, 4) is 0 Å². The van der Waals surface area contributed by atoms with E-state index in [1.807, 2.05) is 0 Å². The van der Waals surface area contributed by atoms with Crippen molar-refractivity contribution in [3.05, 3.63) is 11.1 Å². The highest BCUT2D eigenvalue weighted by Crippen LogP contribution is 2.23. The summed E-state index contributed by atoms with van der Waals surface area (Å²) in [6.07, 6.45) is -3.03. The van der Waals surface area contributed by atoms with E-state index in [-0.39, 0.29) is 6.54 Å². The van der Waals surface area contributed by atoms with Crippen LogP contribution < -0.4 is 4.90 Å². The predicted molar refractivity (Wildman–Crippen MR) is 52.0 cm³/mol. The molecular formula is C8H12F2N2OS. The van der Waals surface area contributed by atoms with Crippen LogP contribution in [0.15, 0.2) is 5.38 Å². The van der Waals surface area contributed by atoms with Gasteiger partial charge in [0.15, 0.2) is 5.13 Å². The molecule has 3 nitrogen and oxygen atoms in total. The topological polar surface area (TPSA) is 36.4 Å². The first-order chi connectivity index (χ1) is 6.50. The predicted octanol–water partition coefficient (Wildman–Crippen LogP) is 1.90. The van der Waals surface area contributed by atoms with Crippen molar-refractivity contribution in [2.24, 2.45) is 0 Å². The van der Waals surface area contributed by atoms with Crippen LogP contribution in [0.25, 0.3) is 0 Å². The molecule has 0 amide bonds. The number of halogens is 2. The normalized spacial score (nSPS) is 13.3. The van der Waals surface area contributed by atoms with Gasteiger partial charge >= 0.3 is 0 Å². The number of aromatic nitrogens is 1. The standard InChI is InChI=1S/C8H12F2N2OS/c1-5(13)6-4-14-8(11-6)12(2)3-7(9)10/h4-5,7,13H,3H2,1-2H3. The zero-order chi connectivity index (χ0) is 10.7. The zero-order valence-corrected chi connectivity index (χ0v) is 8.76. The SMILES string of the molecule is CC(O)c1csc(N(C)CC(F)F)n1. The van der Waals surface area contributed by atoms with Crippen molar-refractivity contribution in [1.82, 2.24) is 4.98 Å². The van der Waals surface area contributed by atoms with Crippen LogP contribution in [0.5, 0.6) is 0 Å². The van der Waals surface area contributed by atoms with E-state index < -0.39 is 12.5 Å². The molecule has 1 aromatic heterocycles. The van der Waals surface area contributed by atoms with E-state index in [0.29, 0.717) is 10.8 Å². The smallest absolute Gasteiger partial charge is 0.255 e. The number of anilines is 1. The van der Waals surface area contributed by atoms with Crippen molar-refractivity contribution >= 4 is 16.5 Å². The minimum atomic E-state index is -2.38. The molecule has 1 heterocycles. The molecule has 80 valence electrons. The van der Waals surface area contributed by atoms with E-state index in [9.17, 15) is 13.9 Å². The maximum absolute atomic E-state index is 12.0. The number of hydrogen-bond acceptors (Lipinski definition) is 4. The summed E-state index contributed by atoms with van der Waals surface area (Å²) in [7, 11) is 1.55. The minimum absolute atomic E-state index is 0.341. The Bertz CT molecular complexity index is 291. The Hall–Kier alpha value is -0.750. The summed E-state index contributed by atoms with van der Waals surface area (Å²) in [6, 6.07) is 0. The average Bonchev–Trinajstić information content (AvgIpc) is 2.50. The lowest BCUT2D eigenvalue weighted by Gasteiger charge is -2.14. The van der Waals surface area contributed by atoms with Gasteiger partial charge in [-0.1, -0.05) is 0 Å². The molecule has 0 saturated heterocycles. The number of rotatable bonds is 4. The van der Waals surface area contributed by atoms with Crippen molar-refractivity contribution in [1.29, 1.82) is 0 Å². The number of thiazole rings is 1. The molecule has 1 aromatic rings. The highest BCUT2D eigenvalue weighted by atomic mass is 32.1. The lowest BCUT2D eigenvalue weighted by Crippen LogP contribution is -2.23. The first-order valence-electron chi connectivity index (χ1n) is 4.13. The third-order valence-corrected chi connectivity index (χ3v) is 2.65. The van der Waals surface area contributed by atoms with Gasteiger partial charge in [-0.05, 0) is 6.92 Å². The Morgan fingerprint density at radius 3 is 2.71 bits per heavy atom. The van der Waals surface area contributed by atoms with E-state index in [1.165, 1.54) is 16.2 Å². The zero-order valence-electron chi connectivity index (χ0n) is 7.94. The highest BCUT2D eigenvalue weighted by Gasteiger charge is 2.13. The first-order valence-corrected chi connectivity index (χ1v) is 5.01. The van der Waals surface area contributed by atoms with Crippen LogP contribution in [0.3, 0.4) is 0 Å². The molecule has 0 aliphatic heterocycles. The van der Waals surface area contributed by atoms with Gasteiger partial charge in [-0.25, -0.2) is 13.8 Å². The molecule has 0 fully saturated rings. The van der Waals surface area contributed by atoms with Gasteiger partial charge in [-0.15, -0.1) is 11.3 Å². The van der Waals surface area contributed by atoms with E-state index in [2.05, 4.69) is 4.98 Å². The summed E-state index contributed by atoms with van der Waals surface area (Å²) < 4.78 is 24.0. The molecule has 0 aliphatic rings. The summed E-state index contributed by atoms with van der Waals surface area (Å²) >= 11 is 1.25. The second kappa shape index (κ2) is 4.65. The number of hydrogen-bond donors (Lipinski definition) is 1.